The molecule has 0 spiro atoms. The van der Waals surface area contributed by atoms with E-state index in [9.17, 15) is 0 Å². The van der Waals surface area contributed by atoms with Gasteiger partial charge in [-0.25, -0.2) is 0 Å². The fraction of sp³-hybridized carbons (Fsp3) is 0.545. The lowest BCUT2D eigenvalue weighted by Crippen LogP contribution is -2.50. The summed E-state index contributed by atoms with van der Waals surface area (Å²) in [6, 6.07) is 10.9. The molecule has 1 fully saturated rings. The van der Waals surface area contributed by atoms with Crippen molar-refractivity contribution in [3.63, 3.8) is 0 Å². The Labute approximate surface area is 168 Å². The lowest BCUT2D eigenvalue weighted by molar-refractivity contribution is 0.196. The number of aliphatic imine (C=N–C) groups is 1. The zero-order valence-corrected chi connectivity index (χ0v) is 17.1. The van der Waals surface area contributed by atoms with Gasteiger partial charge in [0.1, 0.15) is 5.76 Å². The van der Waals surface area contributed by atoms with Gasteiger partial charge in [-0.05, 0) is 50.5 Å². The highest BCUT2D eigenvalue weighted by atomic mass is 16.3. The maximum atomic E-state index is 5.41. The summed E-state index contributed by atoms with van der Waals surface area (Å²) in [5.41, 5.74) is 1.15. The molecule has 3 rings (SSSR count). The molecule has 0 saturated carbocycles. The van der Waals surface area contributed by atoms with Gasteiger partial charge in [-0.1, -0.05) is 13.0 Å². The van der Waals surface area contributed by atoms with E-state index >= 15 is 0 Å². The van der Waals surface area contributed by atoms with E-state index < -0.39 is 0 Å². The molecule has 3 heterocycles. The number of hydrogen-bond donors (Lipinski definition) is 2. The Kier molecular flexibility index (Phi) is 7.91. The van der Waals surface area contributed by atoms with E-state index in [-0.39, 0.29) is 0 Å². The summed E-state index contributed by atoms with van der Waals surface area (Å²) in [7, 11) is 0. The maximum Gasteiger partial charge on any atom is 0.191 e. The second-order valence-corrected chi connectivity index (χ2v) is 7.53. The summed E-state index contributed by atoms with van der Waals surface area (Å²) in [5, 5.41) is 7.18. The van der Waals surface area contributed by atoms with Gasteiger partial charge in [-0.15, -0.1) is 0 Å². The van der Waals surface area contributed by atoms with Crippen molar-refractivity contribution in [3.05, 3.63) is 54.2 Å². The first-order chi connectivity index (χ1) is 13.7. The average Bonchev–Trinajstić information content (AvgIpc) is 3.23. The molecule has 6 nitrogen and oxygen atoms in total. The molecule has 0 bridgehead atoms. The third-order valence-electron chi connectivity index (χ3n) is 5.24. The number of hydrogen-bond acceptors (Lipinski definition) is 4. The summed E-state index contributed by atoms with van der Waals surface area (Å²) in [6.45, 7) is 8.20. The lowest BCUT2D eigenvalue weighted by Gasteiger charge is -2.33. The minimum Gasteiger partial charge on any atom is -0.469 e. The molecule has 28 heavy (non-hydrogen) atoms. The fourth-order valence-corrected chi connectivity index (χ4v) is 3.35. The SMILES string of the molecule is CCC(C)NC(=NCCc1ccco1)NC1CCN(Cc2ccccn2)CC1. The molecule has 1 atom stereocenters. The number of piperidine rings is 1. The zero-order chi connectivity index (χ0) is 19.6. The smallest absolute Gasteiger partial charge is 0.191 e. The Morgan fingerprint density at radius 3 is 2.82 bits per heavy atom. The monoisotopic (exact) mass is 383 g/mol. The first-order valence-electron chi connectivity index (χ1n) is 10.4. The fourth-order valence-electron chi connectivity index (χ4n) is 3.35. The molecule has 2 aromatic heterocycles. The van der Waals surface area contributed by atoms with Crippen molar-refractivity contribution in [1.29, 1.82) is 0 Å². The van der Waals surface area contributed by atoms with Crippen LogP contribution in [-0.2, 0) is 13.0 Å². The molecule has 1 aliphatic rings. The van der Waals surface area contributed by atoms with Crippen LogP contribution in [0.4, 0.5) is 0 Å². The lowest BCUT2D eigenvalue weighted by atomic mass is 10.0. The van der Waals surface area contributed by atoms with Crippen molar-refractivity contribution in [2.45, 2.75) is 58.2 Å². The van der Waals surface area contributed by atoms with Gasteiger partial charge in [0.15, 0.2) is 5.96 Å². The Hall–Kier alpha value is -2.34. The summed E-state index contributed by atoms with van der Waals surface area (Å²) >= 11 is 0. The topological polar surface area (TPSA) is 65.7 Å². The van der Waals surface area contributed by atoms with Crippen LogP contribution in [0.2, 0.25) is 0 Å². The number of rotatable bonds is 8. The molecule has 1 unspecified atom stereocenters. The average molecular weight is 384 g/mol. The van der Waals surface area contributed by atoms with Crippen LogP contribution in [0.5, 0.6) is 0 Å². The molecule has 1 saturated heterocycles. The highest BCUT2D eigenvalue weighted by molar-refractivity contribution is 5.80. The van der Waals surface area contributed by atoms with Crippen LogP contribution in [0.1, 0.15) is 44.6 Å². The van der Waals surface area contributed by atoms with E-state index in [0.29, 0.717) is 12.1 Å². The quantitative estimate of drug-likeness (QED) is 0.541. The summed E-state index contributed by atoms with van der Waals surface area (Å²) in [6.07, 6.45) is 7.72. The van der Waals surface area contributed by atoms with E-state index in [0.717, 1.165) is 69.3 Å². The van der Waals surface area contributed by atoms with E-state index in [4.69, 9.17) is 9.41 Å². The molecule has 0 amide bonds. The standard InChI is InChI=1S/C22H33N5O/c1-3-18(2)25-22(24-13-9-21-8-6-16-28-21)26-19-10-14-27(15-11-19)17-20-7-4-5-12-23-20/h4-8,12,16,18-19H,3,9-11,13-15,17H2,1-2H3,(H2,24,25,26). The Morgan fingerprint density at radius 2 is 2.14 bits per heavy atom. The highest BCUT2D eigenvalue weighted by Gasteiger charge is 2.20. The Balaban J connectivity index is 1.48. The molecule has 0 aromatic carbocycles. The molecule has 152 valence electrons. The van der Waals surface area contributed by atoms with Crippen LogP contribution in [0.15, 0.2) is 52.2 Å². The minimum atomic E-state index is 0.402. The van der Waals surface area contributed by atoms with Crippen molar-refractivity contribution < 1.29 is 4.42 Å². The summed E-state index contributed by atoms with van der Waals surface area (Å²) in [4.78, 5) is 11.7. The molecule has 0 aliphatic carbocycles. The number of nitrogens with zero attached hydrogens (tertiary/aromatic N) is 3. The molecule has 0 radical (unpaired) electrons. The highest BCUT2D eigenvalue weighted by Crippen LogP contribution is 2.13. The van der Waals surface area contributed by atoms with Crippen molar-refractivity contribution in [1.82, 2.24) is 20.5 Å². The van der Waals surface area contributed by atoms with Crippen molar-refractivity contribution in [2.75, 3.05) is 19.6 Å². The number of nitrogens with one attached hydrogen (secondary N) is 2. The summed E-state index contributed by atoms with van der Waals surface area (Å²) < 4.78 is 5.41. The second kappa shape index (κ2) is 10.9. The number of pyridine rings is 1. The first-order valence-corrected chi connectivity index (χ1v) is 10.4. The van der Waals surface area contributed by atoms with Crippen LogP contribution in [0.3, 0.4) is 0 Å². The van der Waals surface area contributed by atoms with Crippen molar-refractivity contribution in [2.24, 2.45) is 4.99 Å². The third-order valence-corrected chi connectivity index (χ3v) is 5.24. The second-order valence-electron chi connectivity index (χ2n) is 7.53. The third kappa shape index (κ3) is 6.68. The van der Waals surface area contributed by atoms with Crippen LogP contribution in [-0.4, -0.2) is 47.6 Å². The normalized spacial score (nSPS) is 17.4. The molecule has 6 heteroatoms. The maximum absolute atomic E-state index is 5.41. The first kappa shape index (κ1) is 20.4. The van der Waals surface area contributed by atoms with Crippen LogP contribution in [0, 0.1) is 0 Å². The van der Waals surface area contributed by atoms with Crippen LogP contribution < -0.4 is 10.6 Å². The van der Waals surface area contributed by atoms with Crippen LogP contribution in [0.25, 0.3) is 0 Å². The molecule has 2 N–H and O–H groups in total. The van der Waals surface area contributed by atoms with E-state index in [2.05, 4.69) is 46.5 Å². The Bertz CT molecular complexity index is 693. The van der Waals surface area contributed by atoms with E-state index in [1.54, 1.807) is 6.26 Å². The van der Waals surface area contributed by atoms with Gasteiger partial charge in [-0.3, -0.25) is 14.9 Å². The molecule has 1 aliphatic heterocycles. The summed E-state index contributed by atoms with van der Waals surface area (Å²) in [5.74, 6) is 1.90. The molecule has 2 aromatic rings. The Morgan fingerprint density at radius 1 is 1.29 bits per heavy atom. The van der Waals surface area contributed by atoms with Crippen molar-refractivity contribution >= 4 is 5.96 Å². The van der Waals surface area contributed by atoms with Gasteiger partial charge in [0.25, 0.3) is 0 Å². The largest absolute Gasteiger partial charge is 0.469 e. The van der Waals surface area contributed by atoms with Gasteiger partial charge in [0.2, 0.25) is 0 Å². The molecular formula is C22H33N5O. The predicted molar refractivity (Wildman–Crippen MR) is 113 cm³/mol. The zero-order valence-electron chi connectivity index (χ0n) is 17.1. The van der Waals surface area contributed by atoms with Gasteiger partial charge in [0, 0.05) is 50.9 Å². The number of furan rings is 1. The van der Waals surface area contributed by atoms with E-state index in [1.807, 2.05) is 24.4 Å². The van der Waals surface area contributed by atoms with Gasteiger partial charge in [-0.2, -0.15) is 0 Å². The van der Waals surface area contributed by atoms with E-state index in [1.165, 1.54) is 0 Å². The number of aromatic nitrogens is 1. The van der Waals surface area contributed by atoms with Crippen LogP contribution >= 0.6 is 0 Å². The van der Waals surface area contributed by atoms with Gasteiger partial charge >= 0.3 is 0 Å². The number of likely N-dealkylation sites (tertiary alicyclic amines) is 1. The van der Waals surface area contributed by atoms with Crippen molar-refractivity contribution in [3.8, 4) is 0 Å². The van der Waals surface area contributed by atoms with Gasteiger partial charge in [0.05, 0.1) is 12.0 Å². The van der Waals surface area contributed by atoms with Gasteiger partial charge < -0.3 is 15.1 Å². The number of guanidine groups is 1. The predicted octanol–water partition coefficient (Wildman–Crippen LogP) is 3.22. The minimum absolute atomic E-state index is 0.402. The molecular weight excluding hydrogens is 350 g/mol.